The largest absolute Gasteiger partial charge is 0.505 e. The summed E-state index contributed by atoms with van der Waals surface area (Å²) in [5.41, 5.74) is 1.64. The molecule has 1 fully saturated rings. The minimum Gasteiger partial charge on any atom is -0.505 e. The number of rotatable bonds is 6. The number of benzene rings is 1. The van der Waals surface area contributed by atoms with Gasteiger partial charge < -0.3 is 15.0 Å². The number of carbonyl (C=O) groups is 1. The first-order valence-electron chi connectivity index (χ1n) is 12.1. The number of aromatic nitrogens is 3. The quantitative estimate of drug-likeness (QED) is 0.292. The number of nitrogens with zero attached hydrogens (tertiary/aromatic N) is 3. The van der Waals surface area contributed by atoms with Gasteiger partial charge >= 0.3 is 0 Å². The first kappa shape index (κ1) is 25.8. The number of hydrogen-bond donors (Lipinski definition) is 4. The molecule has 4 aromatic rings. The lowest BCUT2D eigenvalue weighted by molar-refractivity contribution is 0.0929. The topological polar surface area (TPSA) is 138 Å². The van der Waals surface area contributed by atoms with E-state index >= 15 is 0 Å². The van der Waals surface area contributed by atoms with Crippen molar-refractivity contribution in [2.45, 2.75) is 31.8 Å². The molecule has 0 radical (unpaired) electrons. The summed E-state index contributed by atoms with van der Waals surface area (Å²) in [6.45, 7) is 0.0930. The van der Waals surface area contributed by atoms with E-state index in [9.17, 15) is 28.2 Å². The Hall–Kier alpha value is -3.80. The second-order valence-electron chi connectivity index (χ2n) is 9.45. The van der Waals surface area contributed by atoms with Gasteiger partial charge in [-0.05, 0) is 60.2 Å². The van der Waals surface area contributed by atoms with Crippen molar-refractivity contribution in [1.82, 2.24) is 19.9 Å². The summed E-state index contributed by atoms with van der Waals surface area (Å²) in [6.07, 6.45) is 5.92. The molecule has 1 aliphatic heterocycles. The van der Waals surface area contributed by atoms with Crippen LogP contribution in [0.25, 0.3) is 11.0 Å². The lowest BCUT2D eigenvalue weighted by Gasteiger charge is -2.39. The number of nitrogens with one attached hydrogen (secondary N) is 1. The van der Waals surface area contributed by atoms with Gasteiger partial charge in [0.1, 0.15) is 16.9 Å². The molecule has 1 saturated heterocycles. The van der Waals surface area contributed by atoms with E-state index in [0.29, 0.717) is 24.8 Å². The minimum atomic E-state index is -2.63. The predicted octanol–water partition coefficient (Wildman–Crippen LogP) is 3.92. The molecule has 1 amide bonds. The maximum atomic E-state index is 13.7. The van der Waals surface area contributed by atoms with Crippen LogP contribution in [0.3, 0.4) is 0 Å². The normalized spacial score (nSPS) is 16.3. The fourth-order valence-corrected chi connectivity index (χ4v) is 6.16. The molecule has 0 atom stereocenters. The van der Waals surface area contributed by atoms with E-state index in [1.54, 1.807) is 48.9 Å². The molecule has 0 saturated carbocycles. The Balaban J connectivity index is 1.55. The molecule has 5 rings (SSSR count). The summed E-state index contributed by atoms with van der Waals surface area (Å²) in [7, 11) is -2.63. The molecule has 0 spiro atoms. The van der Waals surface area contributed by atoms with Gasteiger partial charge in [0.2, 0.25) is 0 Å². The average Bonchev–Trinajstić information content (AvgIpc) is 2.90. The highest BCUT2D eigenvalue weighted by molar-refractivity contribution is 8.24. The number of halogens is 1. The fraction of sp³-hybridized carbons (Fsp3) is 0.259. The maximum absolute atomic E-state index is 13.7. The third-order valence-electron chi connectivity index (χ3n) is 6.67. The first-order chi connectivity index (χ1) is 18.2. The molecule has 0 unspecified atom stereocenters. The summed E-state index contributed by atoms with van der Waals surface area (Å²) in [4.78, 5) is 35.4. The Bertz CT molecular complexity index is 1530. The van der Waals surface area contributed by atoms with Gasteiger partial charge in [0.15, 0.2) is 5.75 Å². The highest BCUT2D eigenvalue weighted by Gasteiger charge is 2.29. The van der Waals surface area contributed by atoms with E-state index in [1.807, 2.05) is 0 Å². The third-order valence-corrected chi connectivity index (χ3v) is 8.45. The van der Waals surface area contributed by atoms with Gasteiger partial charge in [0, 0.05) is 36.1 Å². The van der Waals surface area contributed by atoms with Crippen LogP contribution in [-0.2, 0) is 13.0 Å². The van der Waals surface area contributed by atoms with E-state index < -0.39 is 33.4 Å². The van der Waals surface area contributed by atoms with Gasteiger partial charge in [0.25, 0.3) is 11.5 Å². The van der Waals surface area contributed by atoms with E-state index in [-0.39, 0.29) is 35.4 Å². The molecule has 198 valence electrons. The van der Waals surface area contributed by atoms with Crippen molar-refractivity contribution in [3.63, 3.8) is 0 Å². The van der Waals surface area contributed by atoms with Crippen molar-refractivity contribution in [3.05, 3.63) is 99.5 Å². The highest BCUT2D eigenvalue weighted by Crippen LogP contribution is 2.43. The molecule has 11 heteroatoms. The average molecular weight is 539 g/mol. The first-order valence-corrected chi connectivity index (χ1v) is 14.0. The van der Waals surface area contributed by atoms with Crippen LogP contribution in [-0.4, -0.2) is 52.2 Å². The molecule has 4 N–H and O–H groups in total. The monoisotopic (exact) mass is 538 g/mol. The van der Waals surface area contributed by atoms with Crippen LogP contribution in [0, 0.1) is 5.82 Å². The number of aromatic hydroxyl groups is 1. The smallest absolute Gasteiger partial charge is 0.268 e. The molecule has 1 aliphatic rings. The summed E-state index contributed by atoms with van der Waals surface area (Å²) in [6, 6.07) is 11.0. The maximum Gasteiger partial charge on any atom is 0.268 e. The Kier molecular flexibility index (Phi) is 7.15. The molecule has 9 nitrogen and oxygen atoms in total. The molecule has 0 aliphatic carbocycles. The summed E-state index contributed by atoms with van der Waals surface area (Å²) < 4.78 is 34.4. The van der Waals surface area contributed by atoms with Crippen LogP contribution < -0.4 is 10.9 Å². The van der Waals surface area contributed by atoms with Crippen molar-refractivity contribution < 1.29 is 23.4 Å². The molecule has 3 aromatic heterocycles. The lowest BCUT2D eigenvalue weighted by Crippen LogP contribution is -2.42. The SMILES string of the molecule is O=C(NC1CCS(O)(O)CC1)c1c(O)c2ncc(Cc3ccc(F)cc3)cc2n(Cc2cccnc2)c1=O. The Morgan fingerprint density at radius 1 is 1.08 bits per heavy atom. The van der Waals surface area contributed by atoms with Gasteiger partial charge in [-0.3, -0.25) is 28.7 Å². The van der Waals surface area contributed by atoms with Crippen molar-refractivity contribution in [2.75, 3.05) is 11.5 Å². The predicted molar refractivity (Wildman–Crippen MR) is 143 cm³/mol. The van der Waals surface area contributed by atoms with Crippen LogP contribution in [0.1, 0.15) is 39.9 Å². The third kappa shape index (κ3) is 5.54. The van der Waals surface area contributed by atoms with E-state index in [4.69, 9.17) is 0 Å². The Labute approximate surface area is 219 Å². The molecular weight excluding hydrogens is 511 g/mol. The molecule has 4 heterocycles. The summed E-state index contributed by atoms with van der Waals surface area (Å²) in [5.74, 6) is -1.25. The van der Waals surface area contributed by atoms with Crippen molar-refractivity contribution in [1.29, 1.82) is 0 Å². The number of pyridine rings is 3. The molecule has 38 heavy (non-hydrogen) atoms. The lowest BCUT2D eigenvalue weighted by atomic mass is 10.0. The van der Waals surface area contributed by atoms with Crippen LogP contribution >= 0.6 is 10.6 Å². The van der Waals surface area contributed by atoms with Crippen LogP contribution in [0.5, 0.6) is 5.75 Å². The number of amides is 1. The van der Waals surface area contributed by atoms with Crippen LogP contribution in [0.2, 0.25) is 0 Å². The number of hydrogen-bond acceptors (Lipinski definition) is 7. The second-order valence-corrected chi connectivity index (χ2v) is 11.9. The zero-order chi connectivity index (χ0) is 26.9. The van der Waals surface area contributed by atoms with Gasteiger partial charge in [-0.1, -0.05) is 18.2 Å². The summed E-state index contributed by atoms with van der Waals surface area (Å²) in [5, 5.41) is 13.8. The van der Waals surface area contributed by atoms with Gasteiger partial charge in [-0.15, -0.1) is 0 Å². The van der Waals surface area contributed by atoms with Crippen LogP contribution in [0.4, 0.5) is 4.39 Å². The molecular formula is C27H27FN4O5S. The van der Waals surface area contributed by atoms with Crippen LogP contribution in [0.15, 0.2) is 65.8 Å². The van der Waals surface area contributed by atoms with E-state index in [1.165, 1.54) is 16.7 Å². The van der Waals surface area contributed by atoms with Gasteiger partial charge in [-0.25, -0.2) is 4.39 Å². The Morgan fingerprint density at radius 2 is 1.82 bits per heavy atom. The van der Waals surface area contributed by atoms with Crippen molar-refractivity contribution in [3.8, 4) is 5.75 Å². The number of carbonyl (C=O) groups excluding carboxylic acids is 1. The number of fused-ring (bicyclic) bond motifs is 1. The van der Waals surface area contributed by atoms with Crippen molar-refractivity contribution in [2.24, 2.45) is 0 Å². The molecule has 0 bridgehead atoms. The standard InChI is InChI=1S/C27H27FN4O5S/c28-20-5-3-17(4-6-20)12-19-13-22-24(30-15-19)25(33)23(26(34)31-21-7-10-38(36,37)11-8-21)27(35)32(22)16-18-2-1-9-29-14-18/h1-6,9,13-15,21,33,36-37H,7-8,10-12,16H2,(H,31,34). The zero-order valence-corrected chi connectivity index (χ0v) is 21.2. The van der Waals surface area contributed by atoms with Crippen molar-refractivity contribution >= 4 is 27.5 Å². The summed E-state index contributed by atoms with van der Waals surface area (Å²) >= 11 is 0. The van der Waals surface area contributed by atoms with E-state index in [0.717, 1.165) is 16.7 Å². The zero-order valence-electron chi connectivity index (χ0n) is 20.4. The minimum absolute atomic E-state index is 0.0930. The van der Waals surface area contributed by atoms with Gasteiger partial charge in [0.05, 0.1) is 12.1 Å². The molecule has 1 aromatic carbocycles. The fourth-order valence-electron chi connectivity index (χ4n) is 4.63. The van der Waals surface area contributed by atoms with Gasteiger partial charge in [-0.2, -0.15) is 10.6 Å². The second kappa shape index (κ2) is 10.5. The van der Waals surface area contributed by atoms with E-state index in [2.05, 4.69) is 15.3 Å². The highest BCUT2D eigenvalue weighted by atomic mass is 32.3. The Morgan fingerprint density at radius 3 is 2.50 bits per heavy atom.